The average Bonchev–Trinajstić information content (AvgIpc) is 2.67. The fourth-order valence-corrected chi connectivity index (χ4v) is 3.74. The van der Waals surface area contributed by atoms with Gasteiger partial charge >= 0.3 is 59.1 Å². The number of aliphatic carboxylic acids is 1. The second-order valence-corrected chi connectivity index (χ2v) is 9.35. The van der Waals surface area contributed by atoms with Gasteiger partial charge in [-0.2, -0.15) is 0 Å². The number of allylic oxidation sites excluding steroid dienone is 2. The van der Waals surface area contributed by atoms with Crippen LogP contribution in [-0.4, -0.2) is 36.6 Å². The van der Waals surface area contributed by atoms with Gasteiger partial charge in [0.1, 0.15) is 10.1 Å². The molecule has 32 heavy (non-hydrogen) atoms. The number of carboxylic acid groups (broad SMARTS) is 1. The minimum atomic E-state index is -5.10. The molecule has 0 heterocycles. The number of hydrogen-bond donors (Lipinski definition) is 1. The molecule has 0 aromatic carbocycles. The molecule has 176 valence electrons. The number of carbonyl (C=O) groups excluding carboxylic acids is 2. The van der Waals surface area contributed by atoms with Crippen LogP contribution in [0, 0.1) is 0 Å². The van der Waals surface area contributed by atoms with E-state index < -0.39 is 33.7 Å². The van der Waals surface area contributed by atoms with Gasteiger partial charge < -0.3 is 19.8 Å². The number of hydrogen-bond acceptors (Lipinski definition) is 6. The van der Waals surface area contributed by atoms with E-state index in [2.05, 4.69) is 24.4 Å². The van der Waals surface area contributed by atoms with E-state index in [1.165, 1.54) is 57.8 Å². The number of nitrogens with one attached hydrogen (secondary N) is 1. The molecule has 0 bridgehead atoms. The Balaban J connectivity index is -0.00000420. The number of rotatable bonds is 20. The summed E-state index contributed by atoms with van der Waals surface area (Å²) in [6.07, 6.45) is 20.1. The topological polar surface area (TPSA) is 126 Å². The van der Waals surface area contributed by atoms with Gasteiger partial charge in [-0.1, -0.05) is 76.9 Å². The summed E-state index contributed by atoms with van der Waals surface area (Å²) >= 11 is 0. The van der Waals surface area contributed by atoms with Gasteiger partial charge in [0, 0.05) is 13.0 Å². The summed E-state index contributed by atoms with van der Waals surface area (Å²) in [4.78, 5) is 22.2. The predicted octanol–water partition coefficient (Wildman–Crippen LogP) is -2.80. The van der Waals surface area contributed by atoms with Crippen molar-refractivity contribution in [2.45, 2.75) is 108 Å². The third-order valence-electron chi connectivity index (χ3n) is 4.99. The molecule has 0 aromatic rings. The van der Waals surface area contributed by atoms with Gasteiger partial charge in [-0.3, -0.25) is 4.79 Å². The molecular weight excluding hydrogens is 452 g/mol. The molecule has 0 saturated carbocycles. The van der Waals surface area contributed by atoms with Crippen LogP contribution >= 0.6 is 0 Å². The molecule has 0 radical (unpaired) electrons. The average molecular weight is 492 g/mol. The quantitative estimate of drug-likeness (QED) is 0.0849. The number of carbonyl (C=O) groups is 2. The molecule has 0 saturated heterocycles. The molecule has 0 aliphatic rings. The molecule has 0 fully saturated rings. The Morgan fingerprint density at radius 3 is 1.69 bits per heavy atom. The number of amides is 1. The monoisotopic (exact) mass is 491 g/mol. The van der Waals surface area contributed by atoms with Crippen LogP contribution in [0.1, 0.15) is 103 Å². The molecule has 0 aliphatic heterocycles. The van der Waals surface area contributed by atoms with Crippen molar-refractivity contribution in [2.75, 3.05) is 6.54 Å². The van der Waals surface area contributed by atoms with E-state index in [1.54, 1.807) is 0 Å². The van der Waals surface area contributed by atoms with E-state index in [4.69, 9.17) is 0 Å². The van der Waals surface area contributed by atoms with Crippen molar-refractivity contribution >= 4 is 22.0 Å². The van der Waals surface area contributed by atoms with Gasteiger partial charge in [0.15, 0.2) is 0 Å². The number of carboxylic acids is 1. The van der Waals surface area contributed by atoms with E-state index >= 15 is 0 Å². The molecule has 10 heteroatoms. The molecule has 0 aromatic heterocycles. The molecule has 0 aliphatic carbocycles. The summed E-state index contributed by atoms with van der Waals surface area (Å²) in [6, 6.07) is 0. The van der Waals surface area contributed by atoms with Crippen LogP contribution in [0.3, 0.4) is 0 Å². The van der Waals surface area contributed by atoms with Crippen molar-refractivity contribution in [1.29, 1.82) is 0 Å². The van der Waals surface area contributed by atoms with E-state index in [9.17, 15) is 27.7 Å². The molecular formula is C22H39NNa2O6S. The van der Waals surface area contributed by atoms with Crippen molar-refractivity contribution in [2.24, 2.45) is 0 Å². The summed E-state index contributed by atoms with van der Waals surface area (Å²) in [5, 5.41) is 10.8. The zero-order chi connectivity index (χ0) is 22.7. The van der Waals surface area contributed by atoms with Gasteiger partial charge in [-0.15, -0.1) is 0 Å². The van der Waals surface area contributed by atoms with Gasteiger partial charge in [-0.05, 0) is 32.1 Å². The van der Waals surface area contributed by atoms with Crippen LogP contribution in [0.2, 0.25) is 0 Å². The first-order valence-corrected chi connectivity index (χ1v) is 12.8. The van der Waals surface area contributed by atoms with Crippen LogP contribution in [0.15, 0.2) is 12.2 Å². The minimum Gasteiger partial charge on any atom is -0.747 e. The standard InChI is InChI=1S/C22H41NO6S.2Na/c1-2-3-4-5-6-7-8-9-10-11-12-13-14-15-16-17-18-23-21(24)19-20(22(25)26)30(27,28)29;;/h9-10,20H,2-8,11-19H2,1H3,(H,23,24)(H,25,26)(H,27,28,29);;/q;2*+1/p-2/b10-9-;;. The minimum absolute atomic E-state index is 0. The largest absolute Gasteiger partial charge is 1.00 e. The Kier molecular flexibility index (Phi) is 28.7. The first-order valence-electron chi connectivity index (χ1n) is 11.4. The van der Waals surface area contributed by atoms with Crippen LogP contribution in [0.5, 0.6) is 0 Å². The Labute approximate surface area is 239 Å². The van der Waals surface area contributed by atoms with Crippen molar-refractivity contribution in [3.63, 3.8) is 0 Å². The number of unbranched alkanes of at least 4 members (excludes halogenated alkanes) is 12. The van der Waals surface area contributed by atoms with Crippen molar-refractivity contribution < 1.29 is 86.8 Å². The third kappa shape index (κ3) is 23.7. The van der Waals surface area contributed by atoms with Crippen LogP contribution in [-0.2, 0) is 19.7 Å². The Morgan fingerprint density at radius 2 is 1.25 bits per heavy atom. The SMILES string of the molecule is CCCCCCCC/C=C\CCCCCCCCNC(=O)CC(C(=O)[O-])S(=O)(=O)[O-].[Na+].[Na+]. The molecule has 1 amide bonds. The zero-order valence-electron chi connectivity index (χ0n) is 20.4. The maximum Gasteiger partial charge on any atom is 1.00 e. The summed E-state index contributed by atoms with van der Waals surface area (Å²) in [5.41, 5.74) is 0. The molecule has 0 spiro atoms. The van der Waals surface area contributed by atoms with E-state index in [0.717, 1.165) is 32.1 Å². The summed E-state index contributed by atoms with van der Waals surface area (Å²) in [5.74, 6) is -2.81. The van der Waals surface area contributed by atoms with Gasteiger partial charge in [0.25, 0.3) is 0 Å². The first kappa shape index (κ1) is 37.1. The molecule has 1 unspecified atom stereocenters. The maximum absolute atomic E-state index is 11.6. The fourth-order valence-electron chi connectivity index (χ4n) is 3.14. The maximum atomic E-state index is 11.6. The van der Waals surface area contributed by atoms with Crippen LogP contribution in [0.25, 0.3) is 0 Å². The first-order chi connectivity index (χ1) is 14.3. The smallest absolute Gasteiger partial charge is 0.747 e. The molecule has 0 rings (SSSR count). The van der Waals surface area contributed by atoms with E-state index in [0.29, 0.717) is 6.54 Å². The van der Waals surface area contributed by atoms with Crippen LogP contribution < -0.4 is 69.5 Å². The van der Waals surface area contributed by atoms with Gasteiger partial charge in [-0.25, -0.2) is 8.42 Å². The second-order valence-electron chi connectivity index (χ2n) is 7.79. The molecule has 7 nitrogen and oxygen atoms in total. The van der Waals surface area contributed by atoms with Crippen LogP contribution in [0.4, 0.5) is 0 Å². The molecule has 1 atom stereocenters. The van der Waals surface area contributed by atoms with Crippen molar-refractivity contribution in [3.05, 3.63) is 12.2 Å². The summed E-state index contributed by atoms with van der Waals surface area (Å²) in [7, 11) is -5.10. The fraction of sp³-hybridized carbons (Fsp3) is 0.818. The third-order valence-corrected chi connectivity index (χ3v) is 6.05. The predicted molar refractivity (Wildman–Crippen MR) is 116 cm³/mol. The Bertz CT molecular complexity index is 599. The normalized spacial score (nSPS) is 12.1. The van der Waals surface area contributed by atoms with E-state index in [1.807, 2.05) is 0 Å². The summed E-state index contributed by atoms with van der Waals surface area (Å²) in [6.45, 7) is 2.57. The van der Waals surface area contributed by atoms with Gasteiger partial charge in [0.05, 0.1) is 11.2 Å². The van der Waals surface area contributed by atoms with Crippen molar-refractivity contribution in [3.8, 4) is 0 Å². The second kappa shape index (κ2) is 24.7. The van der Waals surface area contributed by atoms with Crippen molar-refractivity contribution in [1.82, 2.24) is 5.32 Å². The zero-order valence-corrected chi connectivity index (χ0v) is 25.2. The van der Waals surface area contributed by atoms with Gasteiger partial charge in [0.2, 0.25) is 5.91 Å². The molecule has 1 N–H and O–H groups in total. The summed E-state index contributed by atoms with van der Waals surface area (Å²) < 4.78 is 32.3. The Morgan fingerprint density at radius 1 is 0.812 bits per heavy atom. The van der Waals surface area contributed by atoms with E-state index in [-0.39, 0.29) is 59.1 Å². The Hall–Kier alpha value is 0.590.